The second-order valence-corrected chi connectivity index (χ2v) is 6.01. The van der Waals surface area contributed by atoms with Crippen LogP contribution >= 0.6 is 0 Å². The molecule has 0 spiro atoms. The molecule has 1 aliphatic rings. The molecule has 0 radical (unpaired) electrons. The van der Waals surface area contributed by atoms with E-state index >= 15 is 0 Å². The van der Waals surface area contributed by atoms with E-state index in [0.717, 1.165) is 37.8 Å². The number of likely N-dealkylation sites (tertiary alicyclic amines) is 1. The molecule has 132 valence electrons. The zero-order valence-electron chi connectivity index (χ0n) is 13.9. The van der Waals surface area contributed by atoms with Gasteiger partial charge in [-0.25, -0.2) is 13.6 Å². The Morgan fingerprint density at radius 3 is 2.75 bits per heavy atom. The molecule has 24 heavy (non-hydrogen) atoms. The van der Waals surface area contributed by atoms with Crippen molar-refractivity contribution in [2.75, 3.05) is 13.2 Å². The fraction of sp³-hybridized carbons (Fsp3) is 0.556. The molecule has 0 bridgehead atoms. The van der Waals surface area contributed by atoms with E-state index in [4.69, 9.17) is 4.74 Å². The first-order valence-corrected chi connectivity index (χ1v) is 8.47. The number of carbonyl (C=O) groups is 2. The van der Waals surface area contributed by atoms with Gasteiger partial charge in [-0.05, 0) is 31.4 Å². The van der Waals surface area contributed by atoms with Crippen molar-refractivity contribution in [3.63, 3.8) is 0 Å². The van der Waals surface area contributed by atoms with Crippen molar-refractivity contribution in [1.29, 1.82) is 0 Å². The molecule has 1 heterocycles. The Bertz CT molecular complexity index is 592. The van der Waals surface area contributed by atoms with Gasteiger partial charge in [0.25, 0.3) is 5.91 Å². The van der Waals surface area contributed by atoms with E-state index in [1.807, 2.05) is 0 Å². The highest BCUT2D eigenvalue weighted by atomic mass is 19.1. The Kier molecular flexibility index (Phi) is 6.70. The van der Waals surface area contributed by atoms with E-state index in [1.54, 1.807) is 0 Å². The predicted molar refractivity (Wildman–Crippen MR) is 85.5 cm³/mol. The van der Waals surface area contributed by atoms with Crippen molar-refractivity contribution in [3.05, 3.63) is 35.4 Å². The highest BCUT2D eigenvalue weighted by Crippen LogP contribution is 2.23. The van der Waals surface area contributed by atoms with E-state index in [1.165, 1.54) is 4.90 Å². The lowest BCUT2D eigenvalue weighted by Crippen LogP contribution is -2.41. The highest BCUT2D eigenvalue weighted by molar-refractivity contribution is 5.97. The summed E-state index contributed by atoms with van der Waals surface area (Å²) in [7, 11) is 0. The number of amides is 1. The van der Waals surface area contributed by atoms with Crippen LogP contribution in [0.2, 0.25) is 0 Å². The Morgan fingerprint density at radius 1 is 1.25 bits per heavy atom. The first-order valence-electron chi connectivity index (χ1n) is 8.47. The Hall–Kier alpha value is -1.98. The van der Waals surface area contributed by atoms with Gasteiger partial charge in [0.1, 0.15) is 17.7 Å². The maximum absolute atomic E-state index is 13.8. The minimum Gasteiger partial charge on any atom is -0.464 e. The maximum Gasteiger partial charge on any atom is 0.328 e. The van der Waals surface area contributed by atoms with Gasteiger partial charge >= 0.3 is 5.97 Å². The van der Waals surface area contributed by atoms with E-state index in [0.29, 0.717) is 32.1 Å². The fourth-order valence-corrected chi connectivity index (χ4v) is 2.87. The smallest absolute Gasteiger partial charge is 0.328 e. The molecular weight excluding hydrogens is 316 g/mol. The number of hydrogen-bond acceptors (Lipinski definition) is 3. The highest BCUT2D eigenvalue weighted by Gasteiger charge is 2.36. The van der Waals surface area contributed by atoms with Gasteiger partial charge in [0, 0.05) is 12.6 Å². The van der Waals surface area contributed by atoms with Crippen molar-refractivity contribution >= 4 is 11.9 Å². The summed E-state index contributed by atoms with van der Waals surface area (Å²) in [5.41, 5.74) is -0.223. The van der Waals surface area contributed by atoms with Crippen molar-refractivity contribution in [3.8, 4) is 0 Å². The average Bonchev–Trinajstić information content (AvgIpc) is 3.03. The number of unbranched alkanes of at least 4 members (excludes halogenated alkanes) is 3. The predicted octanol–water partition coefficient (Wildman–Crippen LogP) is 3.69. The molecule has 0 saturated carbocycles. The summed E-state index contributed by atoms with van der Waals surface area (Å²) in [6.45, 7) is 2.80. The van der Waals surface area contributed by atoms with E-state index < -0.39 is 29.6 Å². The number of halogens is 2. The monoisotopic (exact) mass is 339 g/mol. The molecule has 6 heteroatoms. The lowest BCUT2D eigenvalue weighted by Gasteiger charge is -2.23. The van der Waals surface area contributed by atoms with Gasteiger partial charge in [0.2, 0.25) is 0 Å². The number of rotatable bonds is 7. The summed E-state index contributed by atoms with van der Waals surface area (Å²) >= 11 is 0. The van der Waals surface area contributed by atoms with E-state index in [-0.39, 0.29) is 5.56 Å². The SMILES string of the molecule is CCCCCCOC(=O)C1CCCN1C(=O)c1ccc(F)cc1F. The molecule has 1 saturated heterocycles. The zero-order valence-corrected chi connectivity index (χ0v) is 13.9. The number of hydrogen-bond donors (Lipinski definition) is 0. The van der Waals surface area contributed by atoms with Crippen LogP contribution in [0.4, 0.5) is 8.78 Å². The van der Waals surface area contributed by atoms with Crippen LogP contribution < -0.4 is 0 Å². The van der Waals surface area contributed by atoms with Crippen molar-refractivity contribution in [2.24, 2.45) is 0 Å². The lowest BCUT2D eigenvalue weighted by molar-refractivity contribution is -0.148. The van der Waals surface area contributed by atoms with E-state index in [2.05, 4.69) is 6.92 Å². The van der Waals surface area contributed by atoms with Gasteiger partial charge in [-0.1, -0.05) is 26.2 Å². The Labute approximate surface area is 140 Å². The van der Waals surface area contributed by atoms with Gasteiger partial charge in [0.05, 0.1) is 12.2 Å². The minimum atomic E-state index is -0.918. The van der Waals surface area contributed by atoms with Gasteiger partial charge in [0.15, 0.2) is 0 Å². The van der Waals surface area contributed by atoms with Crippen LogP contribution in [0.5, 0.6) is 0 Å². The van der Waals surface area contributed by atoms with Gasteiger partial charge in [-0.2, -0.15) is 0 Å². The first kappa shape index (κ1) is 18.4. The second kappa shape index (κ2) is 8.76. The number of esters is 1. The molecule has 0 aromatic heterocycles. The zero-order chi connectivity index (χ0) is 17.5. The summed E-state index contributed by atoms with van der Waals surface area (Å²) in [5, 5.41) is 0. The van der Waals surface area contributed by atoms with Crippen molar-refractivity contribution < 1.29 is 23.1 Å². The molecule has 2 rings (SSSR count). The Balaban J connectivity index is 1.96. The fourth-order valence-electron chi connectivity index (χ4n) is 2.87. The molecular formula is C18H23F2NO3. The van der Waals surface area contributed by atoms with Crippen LogP contribution in [-0.2, 0) is 9.53 Å². The van der Waals surface area contributed by atoms with Crippen LogP contribution in [0.1, 0.15) is 55.8 Å². The third kappa shape index (κ3) is 4.52. The standard InChI is InChI=1S/C18H23F2NO3/c1-2-3-4-5-11-24-18(23)16-7-6-10-21(16)17(22)14-9-8-13(19)12-15(14)20/h8-9,12,16H,2-7,10-11H2,1H3. The van der Waals surface area contributed by atoms with Crippen molar-refractivity contribution in [2.45, 2.75) is 51.5 Å². The number of nitrogens with zero attached hydrogens (tertiary/aromatic N) is 1. The van der Waals surface area contributed by atoms with Gasteiger partial charge in [-0.3, -0.25) is 4.79 Å². The number of carbonyl (C=O) groups excluding carboxylic acids is 2. The molecule has 0 aliphatic carbocycles. The summed E-state index contributed by atoms with van der Waals surface area (Å²) in [4.78, 5) is 26.0. The summed E-state index contributed by atoms with van der Waals surface area (Å²) < 4.78 is 32.0. The number of ether oxygens (including phenoxy) is 1. The topological polar surface area (TPSA) is 46.6 Å². The summed E-state index contributed by atoms with van der Waals surface area (Å²) in [5.74, 6) is -2.70. The minimum absolute atomic E-state index is 0.223. The van der Waals surface area contributed by atoms with Gasteiger partial charge in [-0.15, -0.1) is 0 Å². The third-order valence-corrected chi connectivity index (χ3v) is 4.19. The van der Waals surface area contributed by atoms with Crippen LogP contribution in [0.3, 0.4) is 0 Å². The molecule has 4 nitrogen and oxygen atoms in total. The second-order valence-electron chi connectivity index (χ2n) is 6.01. The molecule has 1 aromatic rings. The van der Waals surface area contributed by atoms with Crippen molar-refractivity contribution in [1.82, 2.24) is 4.90 Å². The summed E-state index contributed by atoms with van der Waals surface area (Å²) in [6, 6.07) is 2.13. The molecule has 1 aromatic carbocycles. The quantitative estimate of drug-likeness (QED) is 0.562. The molecule has 1 atom stereocenters. The average molecular weight is 339 g/mol. The van der Waals surface area contributed by atoms with E-state index in [9.17, 15) is 18.4 Å². The van der Waals surface area contributed by atoms with Gasteiger partial charge < -0.3 is 9.64 Å². The Morgan fingerprint density at radius 2 is 2.04 bits per heavy atom. The van der Waals surface area contributed by atoms with Crippen LogP contribution in [0.25, 0.3) is 0 Å². The number of benzene rings is 1. The first-order chi connectivity index (χ1) is 11.5. The largest absolute Gasteiger partial charge is 0.464 e. The van der Waals surface area contributed by atoms with Crippen LogP contribution in [-0.4, -0.2) is 36.0 Å². The molecule has 1 aliphatic heterocycles. The lowest BCUT2D eigenvalue weighted by atomic mass is 10.1. The summed E-state index contributed by atoms with van der Waals surface area (Å²) in [6.07, 6.45) is 5.15. The third-order valence-electron chi connectivity index (χ3n) is 4.19. The normalized spacial score (nSPS) is 17.1. The molecule has 1 fully saturated rings. The molecule has 0 N–H and O–H groups in total. The van der Waals surface area contributed by atoms with Crippen LogP contribution in [0, 0.1) is 11.6 Å². The molecule has 1 amide bonds. The van der Waals surface area contributed by atoms with Crippen LogP contribution in [0.15, 0.2) is 18.2 Å². The maximum atomic E-state index is 13.8. The molecule has 1 unspecified atom stereocenters.